The Kier molecular flexibility index (Phi) is 9.01. The number of hydrogen-bond acceptors (Lipinski definition) is 4. The van der Waals surface area contributed by atoms with Gasteiger partial charge in [-0.25, -0.2) is 14.4 Å². The molecule has 14 heteroatoms. The van der Waals surface area contributed by atoms with Gasteiger partial charge in [0.05, 0.1) is 0 Å². The van der Waals surface area contributed by atoms with Gasteiger partial charge in [-0.1, -0.05) is 0 Å². The summed E-state index contributed by atoms with van der Waals surface area (Å²) in [6.07, 6.45) is -7.71. The summed E-state index contributed by atoms with van der Waals surface area (Å²) in [7, 11) is 3.63. The van der Waals surface area contributed by atoms with Gasteiger partial charge in [0.1, 0.15) is 0 Å². The fourth-order valence-electron chi connectivity index (χ4n) is 2.45. The van der Waals surface area contributed by atoms with Gasteiger partial charge in [-0.05, 0) is 25.9 Å². The summed E-state index contributed by atoms with van der Waals surface area (Å²) in [5, 5.41) is 17.6. The van der Waals surface area contributed by atoms with Crippen LogP contribution in [0.4, 0.5) is 31.1 Å². The molecule has 2 aliphatic heterocycles. The number of likely N-dealkylation sites (tertiary alicyclic amines) is 1. The lowest BCUT2D eigenvalue weighted by molar-refractivity contribution is -0.193. The van der Waals surface area contributed by atoms with Crippen LogP contribution in [0.15, 0.2) is 0 Å². The minimum absolute atomic E-state index is 0.161. The molecule has 0 aromatic carbocycles. The number of carboxylic acids is 2. The molecule has 2 amide bonds. The zero-order valence-corrected chi connectivity index (χ0v) is 15.0. The van der Waals surface area contributed by atoms with E-state index in [0.717, 1.165) is 26.2 Å². The number of amides is 2. The number of halogens is 6. The van der Waals surface area contributed by atoms with Crippen molar-refractivity contribution in [2.45, 2.75) is 25.2 Å². The summed E-state index contributed by atoms with van der Waals surface area (Å²) >= 11 is 0. The number of carbonyl (C=O) groups excluding carboxylic acids is 1. The van der Waals surface area contributed by atoms with Crippen LogP contribution in [0.1, 0.15) is 12.8 Å². The van der Waals surface area contributed by atoms with Gasteiger partial charge in [0.25, 0.3) is 0 Å². The molecular weight excluding hydrogens is 404 g/mol. The molecule has 164 valence electrons. The van der Waals surface area contributed by atoms with Crippen molar-refractivity contribution in [1.82, 2.24) is 15.1 Å². The average molecular weight is 425 g/mol. The lowest BCUT2D eigenvalue weighted by atomic mass is 9.72. The van der Waals surface area contributed by atoms with Gasteiger partial charge in [-0.15, -0.1) is 0 Å². The molecule has 2 fully saturated rings. The quantitative estimate of drug-likeness (QED) is 0.509. The van der Waals surface area contributed by atoms with Crippen molar-refractivity contribution in [3.63, 3.8) is 0 Å². The largest absolute Gasteiger partial charge is 0.490 e. The van der Waals surface area contributed by atoms with Crippen molar-refractivity contribution < 1.29 is 50.9 Å². The van der Waals surface area contributed by atoms with Crippen molar-refractivity contribution in [2.24, 2.45) is 5.41 Å². The van der Waals surface area contributed by atoms with Crippen molar-refractivity contribution in [2.75, 3.05) is 40.3 Å². The van der Waals surface area contributed by atoms with Crippen molar-refractivity contribution in [3.8, 4) is 0 Å². The summed E-state index contributed by atoms with van der Waals surface area (Å²) in [6, 6.07) is 0.161. The third-order valence-corrected chi connectivity index (χ3v) is 3.85. The van der Waals surface area contributed by atoms with Crippen LogP contribution in [0, 0.1) is 5.41 Å². The van der Waals surface area contributed by atoms with Gasteiger partial charge < -0.3 is 25.3 Å². The number of piperidine rings is 1. The van der Waals surface area contributed by atoms with Gasteiger partial charge in [0, 0.05) is 32.6 Å². The average Bonchev–Trinajstić information content (AvgIpc) is 2.51. The molecule has 0 saturated carbocycles. The zero-order chi connectivity index (χ0) is 22.3. The van der Waals surface area contributed by atoms with E-state index in [9.17, 15) is 31.1 Å². The molecular formula is C14H21F6N3O5. The van der Waals surface area contributed by atoms with Crippen LogP contribution >= 0.6 is 0 Å². The maximum Gasteiger partial charge on any atom is 0.490 e. The summed E-state index contributed by atoms with van der Waals surface area (Å²) in [5.74, 6) is -5.51. The number of hydrogen-bond donors (Lipinski definition) is 3. The Morgan fingerprint density at radius 1 is 0.893 bits per heavy atom. The van der Waals surface area contributed by atoms with E-state index in [1.165, 1.54) is 12.8 Å². The predicted octanol–water partition coefficient (Wildman–Crippen LogP) is 1.62. The Morgan fingerprint density at radius 2 is 1.21 bits per heavy atom. The number of nitrogens with one attached hydrogen (secondary N) is 1. The van der Waals surface area contributed by atoms with Crippen molar-refractivity contribution in [3.05, 3.63) is 0 Å². The molecule has 0 radical (unpaired) electrons. The number of nitrogens with zero attached hydrogens (tertiary/aromatic N) is 2. The molecule has 0 atom stereocenters. The molecule has 8 nitrogen and oxygen atoms in total. The second-order valence-corrected chi connectivity index (χ2v) is 6.39. The Bertz CT molecular complexity index is 527. The van der Waals surface area contributed by atoms with Crippen molar-refractivity contribution in [1.29, 1.82) is 0 Å². The van der Waals surface area contributed by atoms with Gasteiger partial charge in [0.15, 0.2) is 0 Å². The summed E-state index contributed by atoms with van der Waals surface area (Å²) in [6.45, 7) is 4.16. The van der Waals surface area contributed by atoms with Crippen LogP contribution in [-0.2, 0) is 9.59 Å². The van der Waals surface area contributed by atoms with Gasteiger partial charge >= 0.3 is 30.3 Å². The Morgan fingerprint density at radius 3 is 1.46 bits per heavy atom. The number of aliphatic carboxylic acids is 2. The Balaban J connectivity index is 0.000000444. The normalized spacial score (nSPS) is 17.9. The maximum atomic E-state index is 11.6. The van der Waals surface area contributed by atoms with Crippen LogP contribution < -0.4 is 5.32 Å². The molecule has 2 aliphatic rings. The highest BCUT2D eigenvalue weighted by Gasteiger charge is 2.45. The Hall–Kier alpha value is -2.25. The first-order valence-corrected chi connectivity index (χ1v) is 7.79. The number of alkyl halides is 6. The highest BCUT2D eigenvalue weighted by molar-refractivity contribution is 5.75. The van der Waals surface area contributed by atoms with Crippen LogP contribution in [0.2, 0.25) is 0 Å². The van der Waals surface area contributed by atoms with E-state index < -0.39 is 24.3 Å². The number of carboxylic acid groups (broad SMARTS) is 2. The SMILES string of the molecule is CN(C)C(=O)N1CC2(CCNCC2)C1.O=C(O)C(F)(F)F.O=C(O)C(F)(F)F. The lowest BCUT2D eigenvalue weighted by Gasteiger charge is -2.52. The summed E-state index contributed by atoms with van der Waals surface area (Å²) in [4.78, 5) is 33.0. The van der Waals surface area contributed by atoms with Crippen LogP contribution in [0.25, 0.3) is 0 Å². The van der Waals surface area contributed by atoms with E-state index in [0.29, 0.717) is 5.41 Å². The highest BCUT2D eigenvalue weighted by Crippen LogP contribution is 2.38. The smallest absolute Gasteiger partial charge is 0.475 e. The number of rotatable bonds is 0. The monoisotopic (exact) mass is 425 g/mol. The Labute approximate surface area is 156 Å². The molecule has 2 heterocycles. The fourth-order valence-corrected chi connectivity index (χ4v) is 2.45. The molecule has 2 rings (SSSR count). The van der Waals surface area contributed by atoms with Gasteiger partial charge in [-0.3, -0.25) is 0 Å². The van der Waals surface area contributed by atoms with Crippen LogP contribution in [0.5, 0.6) is 0 Å². The third kappa shape index (κ3) is 8.63. The molecule has 3 N–H and O–H groups in total. The minimum Gasteiger partial charge on any atom is -0.475 e. The molecule has 28 heavy (non-hydrogen) atoms. The first-order chi connectivity index (χ1) is 12.5. The standard InChI is InChI=1S/C10H19N3O.2C2HF3O2/c1-12(2)9(14)13-7-10(8-13)3-5-11-6-4-10;2*3-2(4,5)1(6)7/h11H,3-8H2,1-2H3;2*(H,6,7). The van der Waals surface area contributed by atoms with Crippen molar-refractivity contribution >= 4 is 18.0 Å². The first-order valence-electron chi connectivity index (χ1n) is 7.79. The lowest BCUT2D eigenvalue weighted by Crippen LogP contribution is -2.63. The summed E-state index contributed by atoms with van der Waals surface area (Å²) in [5.41, 5.74) is 0.455. The first kappa shape index (κ1) is 25.8. The van der Waals surface area contributed by atoms with Crippen LogP contribution in [-0.4, -0.2) is 90.6 Å². The molecule has 0 aliphatic carbocycles. The van der Waals surface area contributed by atoms with Gasteiger partial charge in [0.2, 0.25) is 0 Å². The molecule has 1 spiro atoms. The molecule has 0 bridgehead atoms. The molecule has 0 aromatic heterocycles. The predicted molar refractivity (Wildman–Crippen MR) is 82.6 cm³/mol. The minimum atomic E-state index is -5.08. The topological polar surface area (TPSA) is 110 Å². The number of carbonyl (C=O) groups is 3. The number of urea groups is 1. The maximum absolute atomic E-state index is 11.6. The van der Waals surface area contributed by atoms with Gasteiger partial charge in [-0.2, -0.15) is 26.3 Å². The molecule has 2 saturated heterocycles. The van der Waals surface area contributed by atoms with E-state index in [2.05, 4.69) is 5.32 Å². The summed E-state index contributed by atoms with van der Waals surface area (Å²) < 4.78 is 63.5. The zero-order valence-electron chi connectivity index (χ0n) is 15.0. The van der Waals surface area contributed by atoms with E-state index in [1.54, 1.807) is 4.90 Å². The van der Waals surface area contributed by atoms with E-state index in [4.69, 9.17) is 19.8 Å². The molecule has 0 aromatic rings. The highest BCUT2D eigenvalue weighted by atomic mass is 19.4. The van der Waals surface area contributed by atoms with E-state index >= 15 is 0 Å². The second-order valence-electron chi connectivity index (χ2n) is 6.39. The molecule has 0 unspecified atom stereocenters. The van der Waals surface area contributed by atoms with E-state index in [-0.39, 0.29) is 6.03 Å². The fraction of sp³-hybridized carbons (Fsp3) is 0.786. The van der Waals surface area contributed by atoms with E-state index in [1.807, 2.05) is 19.0 Å². The third-order valence-electron chi connectivity index (χ3n) is 3.85. The van der Waals surface area contributed by atoms with Crippen LogP contribution in [0.3, 0.4) is 0 Å². The second kappa shape index (κ2) is 9.80.